The zero-order valence-corrected chi connectivity index (χ0v) is 16.1. The van der Waals surface area contributed by atoms with E-state index < -0.39 is 10.0 Å². The van der Waals surface area contributed by atoms with Crippen LogP contribution >= 0.6 is 12.4 Å². The van der Waals surface area contributed by atoms with Gasteiger partial charge in [0, 0.05) is 36.5 Å². The Labute approximate surface area is 159 Å². The summed E-state index contributed by atoms with van der Waals surface area (Å²) in [7, 11) is -3.56. The number of hydrogen-bond donors (Lipinski definition) is 2. The molecule has 2 aliphatic rings. The van der Waals surface area contributed by atoms with Gasteiger partial charge >= 0.3 is 0 Å². The number of benzene rings is 2. The van der Waals surface area contributed by atoms with E-state index >= 15 is 0 Å². The lowest BCUT2D eigenvalue weighted by Crippen LogP contribution is -2.32. The number of carbonyl (C=O) groups is 1. The number of amides is 1. The van der Waals surface area contributed by atoms with Crippen LogP contribution in [0.1, 0.15) is 6.92 Å². The molecule has 0 radical (unpaired) electrons. The highest BCUT2D eigenvalue weighted by atomic mass is 35.5. The van der Waals surface area contributed by atoms with Gasteiger partial charge in [-0.1, -0.05) is 24.3 Å². The maximum atomic E-state index is 13.2. The van der Waals surface area contributed by atoms with Crippen molar-refractivity contribution in [2.24, 2.45) is 11.8 Å². The van der Waals surface area contributed by atoms with Gasteiger partial charge in [-0.25, -0.2) is 8.42 Å². The molecule has 2 saturated heterocycles. The molecular formula is C18H22ClN3O3S. The van der Waals surface area contributed by atoms with E-state index in [4.69, 9.17) is 0 Å². The molecule has 2 atom stereocenters. The highest BCUT2D eigenvalue weighted by molar-refractivity contribution is 7.89. The highest BCUT2D eigenvalue weighted by Crippen LogP contribution is 2.35. The summed E-state index contributed by atoms with van der Waals surface area (Å²) in [6.07, 6.45) is 0. The summed E-state index contributed by atoms with van der Waals surface area (Å²) in [6.45, 7) is 4.36. The van der Waals surface area contributed by atoms with Gasteiger partial charge in [0.15, 0.2) is 0 Å². The van der Waals surface area contributed by atoms with Gasteiger partial charge in [-0.05, 0) is 37.1 Å². The number of rotatable bonds is 3. The molecule has 6 nitrogen and oxygen atoms in total. The smallest absolute Gasteiger partial charge is 0.243 e. The molecular weight excluding hydrogens is 374 g/mol. The molecule has 0 aliphatic carbocycles. The van der Waals surface area contributed by atoms with Crippen LogP contribution in [0, 0.1) is 11.8 Å². The lowest BCUT2D eigenvalue weighted by molar-refractivity contribution is -0.114. The fraction of sp³-hybridized carbons (Fsp3) is 0.389. The summed E-state index contributed by atoms with van der Waals surface area (Å²) in [5, 5.41) is 7.48. The van der Waals surface area contributed by atoms with Gasteiger partial charge in [0.1, 0.15) is 0 Å². The lowest BCUT2D eigenvalue weighted by atomic mass is 10.0. The summed E-state index contributed by atoms with van der Waals surface area (Å²) in [5.41, 5.74) is 0.629. The van der Waals surface area contributed by atoms with Gasteiger partial charge in [-0.15, -0.1) is 12.4 Å². The average Bonchev–Trinajstić information content (AvgIpc) is 3.16. The van der Waals surface area contributed by atoms with Crippen molar-refractivity contribution in [1.82, 2.24) is 9.62 Å². The second kappa shape index (κ2) is 7.15. The van der Waals surface area contributed by atoms with Crippen molar-refractivity contribution in [1.29, 1.82) is 0 Å². The molecule has 26 heavy (non-hydrogen) atoms. The Morgan fingerprint density at radius 2 is 1.69 bits per heavy atom. The van der Waals surface area contributed by atoms with Gasteiger partial charge < -0.3 is 10.6 Å². The van der Waals surface area contributed by atoms with E-state index in [-0.39, 0.29) is 18.3 Å². The van der Waals surface area contributed by atoms with Gasteiger partial charge in [0.25, 0.3) is 0 Å². The van der Waals surface area contributed by atoms with Crippen molar-refractivity contribution >= 4 is 44.8 Å². The topological polar surface area (TPSA) is 78.5 Å². The summed E-state index contributed by atoms with van der Waals surface area (Å²) >= 11 is 0. The number of hydrogen-bond acceptors (Lipinski definition) is 4. The van der Waals surface area contributed by atoms with Crippen LogP contribution in [0.5, 0.6) is 0 Å². The minimum absolute atomic E-state index is 0. The average molecular weight is 396 g/mol. The van der Waals surface area contributed by atoms with E-state index in [1.165, 1.54) is 6.92 Å². The number of carbonyl (C=O) groups excluding carboxylic acids is 1. The van der Waals surface area contributed by atoms with Crippen molar-refractivity contribution in [2.45, 2.75) is 11.8 Å². The van der Waals surface area contributed by atoms with Crippen molar-refractivity contribution in [3.05, 3.63) is 36.4 Å². The molecule has 2 aliphatic heterocycles. The first-order valence-electron chi connectivity index (χ1n) is 8.47. The second-order valence-corrected chi connectivity index (χ2v) is 8.74. The summed E-state index contributed by atoms with van der Waals surface area (Å²) in [6, 6.07) is 10.6. The molecule has 0 saturated carbocycles. The maximum Gasteiger partial charge on any atom is 0.243 e. The molecule has 0 bridgehead atoms. The third-order valence-electron chi connectivity index (χ3n) is 5.17. The van der Waals surface area contributed by atoms with Crippen molar-refractivity contribution in [3.63, 3.8) is 0 Å². The summed E-state index contributed by atoms with van der Waals surface area (Å²) < 4.78 is 28.1. The first kappa shape index (κ1) is 19.1. The predicted octanol–water partition coefficient (Wildman–Crippen LogP) is 2.06. The first-order valence-corrected chi connectivity index (χ1v) is 9.91. The van der Waals surface area contributed by atoms with E-state index in [2.05, 4.69) is 10.6 Å². The Hall–Kier alpha value is -1.67. The molecule has 2 fully saturated rings. The van der Waals surface area contributed by atoms with Crippen molar-refractivity contribution in [2.75, 3.05) is 31.5 Å². The van der Waals surface area contributed by atoms with Crippen LogP contribution < -0.4 is 10.6 Å². The molecule has 2 aromatic carbocycles. The highest BCUT2D eigenvalue weighted by Gasteiger charge is 2.41. The van der Waals surface area contributed by atoms with Crippen LogP contribution in [0.2, 0.25) is 0 Å². The third-order valence-corrected chi connectivity index (χ3v) is 7.06. The number of halogens is 1. The van der Waals surface area contributed by atoms with E-state index in [1.807, 2.05) is 18.2 Å². The third kappa shape index (κ3) is 3.20. The van der Waals surface area contributed by atoms with Crippen molar-refractivity contribution < 1.29 is 13.2 Å². The number of nitrogens with one attached hydrogen (secondary N) is 2. The standard InChI is InChI=1S/C18H21N3O3S.ClH/c1-12(22)20-17-6-7-18(16-5-3-2-4-15(16)17)25(23,24)21-10-13-8-19-9-14(13)11-21;/h2-7,13-14,19H,8-11H2,1H3,(H,20,22);1H/t13-,14+;. The fourth-order valence-corrected chi connectivity index (χ4v) is 5.69. The van der Waals surface area contributed by atoms with Crippen LogP contribution in [0.4, 0.5) is 5.69 Å². The van der Waals surface area contributed by atoms with Gasteiger partial charge in [0.2, 0.25) is 15.9 Å². The van der Waals surface area contributed by atoms with E-state index in [0.717, 1.165) is 18.5 Å². The van der Waals surface area contributed by atoms with Gasteiger partial charge in [-0.3, -0.25) is 4.79 Å². The van der Waals surface area contributed by atoms with E-state index in [9.17, 15) is 13.2 Å². The fourth-order valence-electron chi connectivity index (χ4n) is 3.94. The van der Waals surface area contributed by atoms with Crippen LogP contribution in [0.25, 0.3) is 10.8 Å². The quantitative estimate of drug-likeness (QED) is 0.833. The van der Waals surface area contributed by atoms with E-state index in [1.54, 1.807) is 22.5 Å². The molecule has 2 N–H and O–H groups in total. The van der Waals surface area contributed by atoms with Crippen LogP contribution in [0.15, 0.2) is 41.3 Å². The Bertz CT molecular complexity index is 936. The number of anilines is 1. The Morgan fingerprint density at radius 3 is 2.31 bits per heavy atom. The minimum atomic E-state index is -3.56. The molecule has 140 valence electrons. The maximum absolute atomic E-state index is 13.2. The number of nitrogens with zero attached hydrogens (tertiary/aromatic N) is 1. The molecule has 2 heterocycles. The van der Waals surface area contributed by atoms with Gasteiger partial charge in [-0.2, -0.15) is 4.31 Å². The molecule has 0 spiro atoms. The predicted molar refractivity (Wildman–Crippen MR) is 104 cm³/mol. The molecule has 0 aromatic heterocycles. The molecule has 4 rings (SSSR count). The molecule has 2 aromatic rings. The number of sulfonamides is 1. The Morgan fingerprint density at radius 1 is 1.08 bits per heavy atom. The zero-order valence-electron chi connectivity index (χ0n) is 14.4. The van der Waals surface area contributed by atoms with Gasteiger partial charge in [0.05, 0.1) is 4.90 Å². The zero-order chi connectivity index (χ0) is 17.6. The summed E-state index contributed by atoms with van der Waals surface area (Å²) in [5.74, 6) is 0.625. The Kier molecular flexibility index (Phi) is 5.25. The van der Waals surface area contributed by atoms with Crippen LogP contribution in [-0.2, 0) is 14.8 Å². The second-order valence-electron chi connectivity index (χ2n) is 6.84. The minimum Gasteiger partial charge on any atom is -0.326 e. The summed E-state index contributed by atoms with van der Waals surface area (Å²) in [4.78, 5) is 11.7. The first-order chi connectivity index (χ1) is 12.0. The SMILES string of the molecule is CC(=O)Nc1ccc(S(=O)(=O)N2C[C@H]3CNC[C@H]3C2)c2ccccc12.Cl. The Balaban J connectivity index is 0.00000196. The molecule has 0 unspecified atom stereocenters. The van der Waals surface area contributed by atoms with Crippen molar-refractivity contribution in [3.8, 4) is 0 Å². The monoisotopic (exact) mass is 395 g/mol. The van der Waals surface area contributed by atoms with Crippen LogP contribution in [-0.4, -0.2) is 44.8 Å². The molecule has 1 amide bonds. The molecule has 8 heteroatoms. The normalized spacial score (nSPS) is 22.8. The lowest BCUT2D eigenvalue weighted by Gasteiger charge is -2.19. The van der Waals surface area contributed by atoms with E-state index in [0.29, 0.717) is 40.9 Å². The largest absolute Gasteiger partial charge is 0.326 e. The number of fused-ring (bicyclic) bond motifs is 2. The van der Waals surface area contributed by atoms with Crippen LogP contribution in [0.3, 0.4) is 0 Å².